The van der Waals surface area contributed by atoms with Crippen molar-refractivity contribution in [2.75, 3.05) is 11.6 Å². The van der Waals surface area contributed by atoms with Crippen LogP contribution in [-0.4, -0.2) is 23.8 Å². The number of rotatable bonds is 1. The van der Waals surface area contributed by atoms with E-state index in [0.29, 0.717) is 17.3 Å². The van der Waals surface area contributed by atoms with Crippen LogP contribution in [0.15, 0.2) is 29.4 Å². The third-order valence-corrected chi connectivity index (χ3v) is 5.72. The molecule has 0 saturated heterocycles. The number of nitrogens with zero attached hydrogens (tertiary/aromatic N) is 2. The summed E-state index contributed by atoms with van der Waals surface area (Å²) in [4.78, 5) is 22.3. The van der Waals surface area contributed by atoms with E-state index in [0.717, 1.165) is 48.3 Å². The van der Waals surface area contributed by atoms with Crippen molar-refractivity contribution in [1.82, 2.24) is 10.3 Å². The minimum Gasteiger partial charge on any atom is -0.347 e. The Labute approximate surface area is 144 Å². The molecule has 0 bridgehead atoms. The highest BCUT2D eigenvalue weighted by Crippen LogP contribution is 2.47. The van der Waals surface area contributed by atoms with Crippen LogP contribution in [0.4, 0.5) is 11.5 Å². The van der Waals surface area contributed by atoms with Gasteiger partial charge in [-0.1, -0.05) is 24.4 Å². The fourth-order valence-corrected chi connectivity index (χ4v) is 4.59. The maximum absolute atomic E-state index is 12.5. The quantitative estimate of drug-likeness (QED) is 0.831. The second-order valence-electron chi connectivity index (χ2n) is 6.76. The van der Waals surface area contributed by atoms with Crippen molar-refractivity contribution in [2.45, 2.75) is 31.2 Å². The standard InChI is InChI=1S/C18H17ClN4O/c19-14-8-12(23-10-20-9-11-3-6-21-16(11)23)7-13-15(14)17(24)22-18(13)4-1-2-5-18/h3,6-9,21H,1-2,4-5,10H2,(H,22,24). The molecular weight excluding hydrogens is 324 g/mol. The summed E-state index contributed by atoms with van der Waals surface area (Å²) in [5.74, 6) is 0.972. The SMILES string of the molecule is O=C1NC2(CCCC2)c2cc(N3CN=Cc4cc[nH]c43)cc(Cl)c21. The van der Waals surface area contributed by atoms with Crippen LogP contribution in [-0.2, 0) is 5.54 Å². The number of hydrogen-bond acceptors (Lipinski definition) is 3. The van der Waals surface area contributed by atoms with Gasteiger partial charge in [0, 0.05) is 23.7 Å². The molecule has 3 aliphatic rings. The first-order valence-corrected chi connectivity index (χ1v) is 8.67. The fraction of sp³-hybridized carbons (Fsp3) is 0.333. The lowest BCUT2D eigenvalue weighted by atomic mass is 9.88. The van der Waals surface area contributed by atoms with Gasteiger partial charge in [-0.2, -0.15) is 0 Å². The summed E-state index contributed by atoms with van der Waals surface area (Å²) in [5, 5.41) is 3.72. The van der Waals surface area contributed by atoms with E-state index in [2.05, 4.69) is 26.3 Å². The number of nitrogens with one attached hydrogen (secondary N) is 2. The predicted molar refractivity (Wildman–Crippen MR) is 94.5 cm³/mol. The van der Waals surface area contributed by atoms with Crippen molar-refractivity contribution >= 4 is 35.2 Å². The van der Waals surface area contributed by atoms with Crippen molar-refractivity contribution in [3.05, 3.63) is 46.1 Å². The first-order chi connectivity index (χ1) is 11.7. The molecule has 0 unspecified atom stereocenters. The van der Waals surface area contributed by atoms with E-state index in [-0.39, 0.29) is 11.4 Å². The normalized spacial score (nSPS) is 20.4. The van der Waals surface area contributed by atoms with Crippen molar-refractivity contribution in [2.24, 2.45) is 4.99 Å². The minimum absolute atomic E-state index is 0.0410. The number of carbonyl (C=O) groups excluding carboxylic acids is 1. The lowest BCUT2D eigenvalue weighted by Crippen LogP contribution is -2.36. The summed E-state index contributed by atoms with van der Waals surface area (Å²) in [6.45, 7) is 0.539. The Morgan fingerprint density at radius 3 is 2.92 bits per heavy atom. The van der Waals surface area contributed by atoms with Crippen LogP contribution in [0, 0.1) is 0 Å². The summed E-state index contributed by atoms with van der Waals surface area (Å²) in [7, 11) is 0. The molecule has 1 saturated carbocycles. The number of aromatic amines is 1. The van der Waals surface area contributed by atoms with Crippen molar-refractivity contribution < 1.29 is 4.79 Å². The first-order valence-electron chi connectivity index (χ1n) is 8.29. The van der Waals surface area contributed by atoms with Gasteiger partial charge in [-0.25, -0.2) is 0 Å². The minimum atomic E-state index is -0.232. The molecule has 3 heterocycles. The van der Waals surface area contributed by atoms with E-state index in [9.17, 15) is 4.79 Å². The topological polar surface area (TPSA) is 60.5 Å². The number of anilines is 2. The molecular formula is C18H17ClN4O. The number of amides is 1. The van der Waals surface area contributed by atoms with Crippen molar-refractivity contribution in [1.29, 1.82) is 0 Å². The van der Waals surface area contributed by atoms with E-state index < -0.39 is 0 Å². The fourth-order valence-electron chi connectivity index (χ4n) is 4.29. The molecule has 2 aromatic rings. The third kappa shape index (κ3) is 1.82. The van der Waals surface area contributed by atoms with Gasteiger partial charge in [0.25, 0.3) is 5.91 Å². The number of benzene rings is 1. The molecule has 2 N–H and O–H groups in total. The van der Waals surface area contributed by atoms with E-state index >= 15 is 0 Å². The van der Waals surface area contributed by atoms with Crippen LogP contribution in [0.25, 0.3) is 0 Å². The van der Waals surface area contributed by atoms with Crippen molar-refractivity contribution in [3.8, 4) is 0 Å². The Morgan fingerprint density at radius 2 is 2.08 bits per heavy atom. The average molecular weight is 341 g/mol. The lowest BCUT2D eigenvalue weighted by Gasteiger charge is -2.28. The van der Waals surface area contributed by atoms with Crippen LogP contribution in [0.5, 0.6) is 0 Å². The maximum Gasteiger partial charge on any atom is 0.253 e. The van der Waals surface area contributed by atoms with Gasteiger partial charge in [-0.15, -0.1) is 0 Å². The third-order valence-electron chi connectivity index (χ3n) is 5.42. The zero-order chi connectivity index (χ0) is 16.3. The summed E-state index contributed by atoms with van der Waals surface area (Å²) in [6, 6.07) is 6.00. The predicted octanol–water partition coefficient (Wildman–Crippen LogP) is 3.71. The molecule has 0 atom stereocenters. The maximum atomic E-state index is 12.5. The molecule has 2 aliphatic heterocycles. The van der Waals surface area contributed by atoms with Gasteiger partial charge in [-0.05, 0) is 36.6 Å². The number of fused-ring (bicyclic) bond motifs is 3. The van der Waals surface area contributed by atoms with E-state index in [1.165, 1.54) is 0 Å². The van der Waals surface area contributed by atoms with Gasteiger partial charge in [-0.3, -0.25) is 9.79 Å². The highest BCUT2D eigenvalue weighted by Gasteiger charge is 2.46. The Hall–Kier alpha value is -2.27. The Bertz CT molecular complexity index is 879. The van der Waals surface area contributed by atoms with Crippen LogP contribution in [0.3, 0.4) is 0 Å². The summed E-state index contributed by atoms with van der Waals surface area (Å²) in [6.07, 6.45) is 8.02. The molecule has 6 heteroatoms. The molecule has 1 aromatic carbocycles. The number of aliphatic imine (C=N–C) groups is 1. The zero-order valence-corrected chi connectivity index (χ0v) is 13.9. The van der Waals surface area contributed by atoms with Crippen LogP contribution in [0.2, 0.25) is 5.02 Å². The molecule has 5 rings (SSSR count). The Balaban J connectivity index is 1.67. The largest absolute Gasteiger partial charge is 0.347 e. The van der Waals surface area contributed by atoms with Crippen LogP contribution < -0.4 is 10.2 Å². The van der Waals surface area contributed by atoms with E-state index in [1.807, 2.05) is 24.5 Å². The molecule has 1 amide bonds. The van der Waals surface area contributed by atoms with Gasteiger partial charge in [0.15, 0.2) is 0 Å². The molecule has 122 valence electrons. The second-order valence-corrected chi connectivity index (χ2v) is 7.16. The van der Waals surface area contributed by atoms with E-state index in [4.69, 9.17) is 11.6 Å². The lowest BCUT2D eigenvalue weighted by molar-refractivity contribution is 0.0931. The molecule has 0 radical (unpaired) electrons. The smallest absolute Gasteiger partial charge is 0.253 e. The second kappa shape index (κ2) is 4.86. The summed E-state index contributed by atoms with van der Waals surface area (Å²) < 4.78 is 0. The Kier molecular flexibility index (Phi) is 2.86. The average Bonchev–Trinajstić information content (AvgIpc) is 3.28. The van der Waals surface area contributed by atoms with Crippen LogP contribution in [0.1, 0.15) is 47.2 Å². The number of hydrogen-bond donors (Lipinski definition) is 2. The van der Waals surface area contributed by atoms with Crippen LogP contribution >= 0.6 is 11.6 Å². The molecule has 1 spiro atoms. The van der Waals surface area contributed by atoms with Crippen molar-refractivity contribution in [3.63, 3.8) is 0 Å². The molecule has 5 nitrogen and oxygen atoms in total. The first kappa shape index (κ1) is 14.1. The molecule has 1 aliphatic carbocycles. The van der Waals surface area contributed by atoms with E-state index in [1.54, 1.807) is 0 Å². The number of aromatic nitrogens is 1. The van der Waals surface area contributed by atoms with Gasteiger partial charge in [0.2, 0.25) is 0 Å². The zero-order valence-electron chi connectivity index (χ0n) is 13.1. The highest BCUT2D eigenvalue weighted by atomic mass is 35.5. The monoisotopic (exact) mass is 340 g/mol. The molecule has 24 heavy (non-hydrogen) atoms. The number of halogens is 1. The van der Waals surface area contributed by atoms with Gasteiger partial charge < -0.3 is 15.2 Å². The summed E-state index contributed by atoms with van der Waals surface area (Å²) in [5.41, 5.74) is 3.50. The molecule has 1 fully saturated rings. The molecule has 1 aromatic heterocycles. The van der Waals surface area contributed by atoms with Gasteiger partial charge >= 0.3 is 0 Å². The van der Waals surface area contributed by atoms with Gasteiger partial charge in [0.05, 0.1) is 16.1 Å². The van der Waals surface area contributed by atoms with Gasteiger partial charge in [0.1, 0.15) is 12.5 Å². The number of H-pyrrole nitrogens is 1. The summed E-state index contributed by atoms with van der Waals surface area (Å²) >= 11 is 6.52. The Morgan fingerprint density at radius 1 is 1.25 bits per heavy atom. The number of carbonyl (C=O) groups is 1. The highest BCUT2D eigenvalue weighted by molar-refractivity contribution is 6.34.